The van der Waals surface area contributed by atoms with Crippen molar-refractivity contribution < 1.29 is 9.47 Å². The van der Waals surface area contributed by atoms with Crippen molar-refractivity contribution in [2.24, 2.45) is 0 Å². The van der Waals surface area contributed by atoms with Crippen LogP contribution in [0.5, 0.6) is 5.75 Å². The number of fused-ring (bicyclic) bond motifs is 1. The predicted octanol–water partition coefficient (Wildman–Crippen LogP) is 3.00. The van der Waals surface area contributed by atoms with Crippen LogP contribution in [-0.2, 0) is 21.4 Å². The average Bonchev–Trinajstić information content (AvgIpc) is 2.49. The molecule has 0 bridgehead atoms. The van der Waals surface area contributed by atoms with Gasteiger partial charge in [0.2, 0.25) is 0 Å². The van der Waals surface area contributed by atoms with Gasteiger partial charge < -0.3 is 9.47 Å². The summed E-state index contributed by atoms with van der Waals surface area (Å²) in [6.07, 6.45) is 0. The fourth-order valence-corrected chi connectivity index (χ4v) is 4.45. The Morgan fingerprint density at radius 3 is 2.53 bits per heavy atom. The second-order valence-corrected chi connectivity index (χ2v) is 7.08. The first-order chi connectivity index (χ1) is 9.38. The monoisotopic (exact) mass is 275 g/mol. The van der Waals surface area contributed by atoms with Gasteiger partial charge in [-0.15, -0.1) is 0 Å². The maximum absolute atomic E-state index is 5.45. The molecule has 1 aliphatic rings. The van der Waals surface area contributed by atoms with Crippen molar-refractivity contribution in [2.45, 2.75) is 5.75 Å². The van der Waals surface area contributed by atoms with Gasteiger partial charge in [0.1, 0.15) is 23.0 Å². The van der Waals surface area contributed by atoms with Crippen LogP contribution in [0.4, 0.5) is 0 Å². The highest BCUT2D eigenvalue weighted by atomic mass is 32.2. The summed E-state index contributed by atoms with van der Waals surface area (Å²) in [5.41, 5.74) is 1.45. The Hall–Kier alpha value is -1.19. The molecule has 0 N–H and O–H groups in total. The molecule has 0 aromatic heterocycles. The van der Waals surface area contributed by atoms with E-state index < -0.39 is 0 Å². The summed E-state index contributed by atoms with van der Waals surface area (Å²) in [5, 5.41) is 2.56. The molecule has 0 saturated carbocycles. The van der Waals surface area contributed by atoms with E-state index in [1.165, 1.54) is 33.6 Å². The number of benzene rings is 2. The second-order valence-electron chi connectivity index (χ2n) is 4.75. The quantitative estimate of drug-likeness (QED) is 0.802. The van der Waals surface area contributed by atoms with E-state index in [1.807, 2.05) is 0 Å². The largest absolute Gasteiger partial charge is 0.496 e. The zero-order valence-corrected chi connectivity index (χ0v) is 12.0. The lowest BCUT2D eigenvalue weighted by molar-refractivity contribution is 0.159. The zero-order valence-electron chi connectivity index (χ0n) is 11.2. The third-order valence-corrected chi connectivity index (χ3v) is 5.79. The van der Waals surface area contributed by atoms with Crippen molar-refractivity contribution in [1.82, 2.24) is 0 Å². The molecular formula is C16H19O2S+. The van der Waals surface area contributed by atoms with Crippen LogP contribution in [0.15, 0.2) is 36.4 Å². The summed E-state index contributed by atoms with van der Waals surface area (Å²) in [4.78, 5) is 0. The molecule has 0 aliphatic carbocycles. The fourth-order valence-electron chi connectivity index (χ4n) is 2.56. The topological polar surface area (TPSA) is 18.5 Å². The minimum Gasteiger partial charge on any atom is -0.496 e. The van der Waals surface area contributed by atoms with Crippen LogP contribution in [0, 0.1) is 0 Å². The molecule has 1 aliphatic heterocycles. The van der Waals surface area contributed by atoms with E-state index in [1.54, 1.807) is 7.11 Å². The molecule has 100 valence electrons. The van der Waals surface area contributed by atoms with Gasteiger partial charge in [0.05, 0.1) is 20.3 Å². The van der Waals surface area contributed by atoms with Gasteiger partial charge in [-0.2, -0.15) is 0 Å². The van der Waals surface area contributed by atoms with Crippen LogP contribution >= 0.6 is 0 Å². The SMILES string of the molecule is COc1ccc(C[S+]2CCOCC2)c2ccccc12. The predicted molar refractivity (Wildman–Crippen MR) is 82.1 cm³/mol. The number of hydrogen-bond donors (Lipinski definition) is 0. The van der Waals surface area contributed by atoms with Crippen LogP contribution in [0.3, 0.4) is 0 Å². The first kappa shape index (κ1) is 12.8. The van der Waals surface area contributed by atoms with E-state index in [0.29, 0.717) is 10.9 Å². The minimum absolute atomic E-state index is 0.474. The first-order valence-corrected chi connectivity index (χ1v) is 8.38. The van der Waals surface area contributed by atoms with E-state index >= 15 is 0 Å². The Morgan fingerprint density at radius 2 is 1.79 bits per heavy atom. The molecule has 2 aromatic rings. The Bertz CT molecular complexity index is 562. The summed E-state index contributed by atoms with van der Waals surface area (Å²) in [6.45, 7) is 1.86. The van der Waals surface area contributed by atoms with Crippen LogP contribution in [0.25, 0.3) is 10.8 Å². The van der Waals surface area contributed by atoms with Crippen LogP contribution in [-0.4, -0.2) is 31.8 Å². The molecule has 0 radical (unpaired) electrons. The van der Waals surface area contributed by atoms with E-state index in [0.717, 1.165) is 19.0 Å². The van der Waals surface area contributed by atoms with E-state index in [9.17, 15) is 0 Å². The maximum atomic E-state index is 5.45. The smallest absolute Gasteiger partial charge is 0.134 e. The first-order valence-electron chi connectivity index (χ1n) is 6.65. The van der Waals surface area contributed by atoms with Crippen molar-refractivity contribution in [3.8, 4) is 5.75 Å². The van der Waals surface area contributed by atoms with Crippen LogP contribution in [0.1, 0.15) is 5.56 Å². The lowest BCUT2D eigenvalue weighted by atomic mass is 10.0. The molecule has 19 heavy (non-hydrogen) atoms. The lowest BCUT2D eigenvalue weighted by Crippen LogP contribution is -2.27. The molecular weight excluding hydrogens is 256 g/mol. The third kappa shape index (κ3) is 2.72. The van der Waals surface area contributed by atoms with E-state index in [-0.39, 0.29) is 0 Å². The molecule has 3 heteroatoms. The zero-order chi connectivity index (χ0) is 13.1. The Kier molecular flexibility index (Phi) is 3.95. The van der Waals surface area contributed by atoms with Gasteiger partial charge >= 0.3 is 0 Å². The summed E-state index contributed by atoms with van der Waals surface area (Å²) < 4.78 is 10.9. The molecule has 1 fully saturated rings. The Labute approximate surface area is 117 Å². The van der Waals surface area contributed by atoms with Crippen molar-refractivity contribution in [3.63, 3.8) is 0 Å². The van der Waals surface area contributed by atoms with Crippen molar-refractivity contribution >= 4 is 21.7 Å². The number of methoxy groups -OCH3 is 1. The normalized spacial score (nSPS) is 16.7. The third-order valence-electron chi connectivity index (χ3n) is 3.59. The van der Waals surface area contributed by atoms with Crippen molar-refractivity contribution in [1.29, 1.82) is 0 Å². The average molecular weight is 275 g/mol. The molecule has 3 rings (SSSR count). The molecule has 1 heterocycles. The fraction of sp³-hybridized carbons (Fsp3) is 0.375. The van der Waals surface area contributed by atoms with Crippen LogP contribution < -0.4 is 4.74 Å². The number of rotatable bonds is 3. The standard InChI is InChI=1S/C16H19O2S/c1-17-16-7-6-13(12-19-10-8-18-9-11-19)14-4-2-3-5-15(14)16/h2-7H,8-12H2,1H3/q+1. The lowest BCUT2D eigenvalue weighted by Gasteiger charge is -2.16. The highest BCUT2D eigenvalue weighted by molar-refractivity contribution is 7.96. The molecule has 2 nitrogen and oxygen atoms in total. The molecule has 0 unspecified atom stereocenters. The molecule has 2 aromatic carbocycles. The van der Waals surface area contributed by atoms with Crippen LogP contribution in [0.2, 0.25) is 0 Å². The van der Waals surface area contributed by atoms with Gasteiger partial charge in [0.15, 0.2) is 0 Å². The van der Waals surface area contributed by atoms with Gasteiger partial charge in [0.25, 0.3) is 0 Å². The molecule has 0 atom stereocenters. The summed E-state index contributed by atoms with van der Waals surface area (Å²) >= 11 is 0. The Morgan fingerprint density at radius 1 is 1.05 bits per heavy atom. The molecule has 0 spiro atoms. The van der Waals surface area contributed by atoms with Gasteiger partial charge in [-0.25, -0.2) is 0 Å². The molecule has 1 saturated heterocycles. The summed E-state index contributed by atoms with van der Waals surface area (Å²) in [6, 6.07) is 12.9. The number of hydrogen-bond acceptors (Lipinski definition) is 2. The summed E-state index contributed by atoms with van der Waals surface area (Å²) in [7, 11) is 2.21. The van der Waals surface area contributed by atoms with Crippen molar-refractivity contribution in [2.75, 3.05) is 31.8 Å². The van der Waals surface area contributed by atoms with Gasteiger partial charge in [-0.05, 0) is 22.3 Å². The number of ether oxygens (including phenoxy) is 2. The van der Waals surface area contributed by atoms with E-state index in [4.69, 9.17) is 9.47 Å². The van der Waals surface area contributed by atoms with Gasteiger partial charge in [0, 0.05) is 10.9 Å². The maximum Gasteiger partial charge on any atom is 0.134 e. The minimum atomic E-state index is 0.474. The van der Waals surface area contributed by atoms with E-state index in [2.05, 4.69) is 36.4 Å². The highest BCUT2D eigenvalue weighted by Crippen LogP contribution is 2.29. The van der Waals surface area contributed by atoms with Crippen molar-refractivity contribution in [3.05, 3.63) is 42.0 Å². The van der Waals surface area contributed by atoms with Gasteiger partial charge in [-0.1, -0.05) is 30.3 Å². The molecule has 0 amide bonds. The summed E-state index contributed by atoms with van der Waals surface area (Å²) in [5.74, 6) is 4.56. The highest BCUT2D eigenvalue weighted by Gasteiger charge is 2.23. The Balaban J connectivity index is 1.94. The second kappa shape index (κ2) is 5.85. The van der Waals surface area contributed by atoms with Gasteiger partial charge in [-0.3, -0.25) is 0 Å².